The zero-order chi connectivity index (χ0) is 11.4. The molecule has 0 fully saturated rings. The van der Waals surface area contributed by atoms with Crippen LogP contribution in [0.25, 0.3) is 0 Å². The van der Waals surface area contributed by atoms with E-state index in [4.69, 9.17) is 10.8 Å². The van der Waals surface area contributed by atoms with Crippen molar-refractivity contribution in [1.29, 1.82) is 0 Å². The van der Waals surface area contributed by atoms with E-state index in [0.29, 0.717) is 0 Å². The van der Waals surface area contributed by atoms with E-state index in [1.165, 1.54) is 6.07 Å². The molecule has 1 rings (SSSR count). The lowest BCUT2D eigenvalue weighted by molar-refractivity contribution is -0.137. The molecule has 1 aromatic carbocycles. The standard InChI is InChI=1S/C10H11F2NO2/c11-7-2-1-6(9(12)4-7)3-8(13)5-10(14)15/h1-2,4,8H,3,5,13H2,(H,14,15)/t8-/m0/s1. The number of carboxylic acid groups (broad SMARTS) is 1. The van der Waals surface area contributed by atoms with Crippen LogP contribution >= 0.6 is 0 Å². The summed E-state index contributed by atoms with van der Waals surface area (Å²) in [6, 6.07) is 2.48. The third kappa shape index (κ3) is 3.63. The maximum absolute atomic E-state index is 13.1. The van der Waals surface area contributed by atoms with Crippen molar-refractivity contribution >= 4 is 5.97 Å². The summed E-state index contributed by atoms with van der Waals surface area (Å²) in [5, 5.41) is 8.44. The number of carbonyl (C=O) groups is 1. The van der Waals surface area contributed by atoms with Crippen molar-refractivity contribution in [3.05, 3.63) is 35.4 Å². The number of benzene rings is 1. The fraction of sp³-hybridized carbons (Fsp3) is 0.300. The molecule has 3 nitrogen and oxygen atoms in total. The van der Waals surface area contributed by atoms with Crippen LogP contribution in [0, 0.1) is 11.6 Å². The largest absolute Gasteiger partial charge is 0.481 e. The highest BCUT2D eigenvalue weighted by atomic mass is 19.1. The minimum Gasteiger partial charge on any atom is -0.481 e. The van der Waals surface area contributed by atoms with Crippen molar-refractivity contribution in [1.82, 2.24) is 0 Å². The third-order valence-corrected chi connectivity index (χ3v) is 1.93. The zero-order valence-corrected chi connectivity index (χ0v) is 7.91. The highest BCUT2D eigenvalue weighted by Crippen LogP contribution is 2.12. The fourth-order valence-electron chi connectivity index (χ4n) is 1.27. The highest BCUT2D eigenvalue weighted by Gasteiger charge is 2.12. The van der Waals surface area contributed by atoms with E-state index in [0.717, 1.165) is 12.1 Å². The predicted molar refractivity (Wildman–Crippen MR) is 50.3 cm³/mol. The summed E-state index contributed by atoms with van der Waals surface area (Å²) in [6.07, 6.45) is -0.158. The molecule has 15 heavy (non-hydrogen) atoms. The summed E-state index contributed by atoms with van der Waals surface area (Å²) < 4.78 is 25.6. The molecule has 0 aromatic heterocycles. The van der Waals surface area contributed by atoms with Crippen molar-refractivity contribution in [3.63, 3.8) is 0 Å². The van der Waals surface area contributed by atoms with Crippen molar-refractivity contribution < 1.29 is 18.7 Å². The number of carboxylic acids is 1. The lowest BCUT2D eigenvalue weighted by Crippen LogP contribution is -2.26. The summed E-state index contributed by atoms with van der Waals surface area (Å²) in [5.41, 5.74) is 5.70. The first-order chi connectivity index (χ1) is 6.99. The van der Waals surface area contributed by atoms with Gasteiger partial charge >= 0.3 is 5.97 Å². The van der Waals surface area contributed by atoms with Gasteiger partial charge in [-0.2, -0.15) is 0 Å². The third-order valence-electron chi connectivity index (χ3n) is 1.93. The van der Waals surface area contributed by atoms with Crippen LogP contribution in [0.3, 0.4) is 0 Å². The molecule has 0 bridgehead atoms. The van der Waals surface area contributed by atoms with Gasteiger partial charge in [0.25, 0.3) is 0 Å². The molecule has 0 spiro atoms. The maximum Gasteiger partial charge on any atom is 0.304 e. The molecular weight excluding hydrogens is 204 g/mol. The van der Waals surface area contributed by atoms with E-state index in [-0.39, 0.29) is 18.4 Å². The Kier molecular flexibility index (Phi) is 3.74. The molecule has 0 aliphatic heterocycles. The van der Waals surface area contributed by atoms with Gasteiger partial charge in [0.1, 0.15) is 11.6 Å². The van der Waals surface area contributed by atoms with Crippen LogP contribution in [-0.4, -0.2) is 17.1 Å². The Morgan fingerprint density at radius 1 is 1.47 bits per heavy atom. The minimum atomic E-state index is -1.04. The van der Waals surface area contributed by atoms with Gasteiger partial charge in [0.2, 0.25) is 0 Å². The number of rotatable bonds is 4. The molecule has 0 amide bonds. The van der Waals surface area contributed by atoms with Crippen molar-refractivity contribution in [2.45, 2.75) is 18.9 Å². The average Bonchev–Trinajstić information content (AvgIpc) is 2.08. The fourth-order valence-corrected chi connectivity index (χ4v) is 1.27. The van der Waals surface area contributed by atoms with Gasteiger partial charge in [-0.05, 0) is 18.1 Å². The van der Waals surface area contributed by atoms with E-state index in [1.54, 1.807) is 0 Å². The molecule has 0 unspecified atom stereocenters. The Labute approximate surface area is 85.5 Å². The molecule has 0 radical (unpaired) electrons. The topological polar surface area (TPSA) is 63.3 Å². The number of nitrogens with two attached hydrogens (primary N) is 1. The van der Waals surface area contributed by atoms with Crippen molar-refractivity contribution in [3.8, 4) is 0 Å². The molecule has 5 heteroatoms. The number of halogens is 2. The van der Waals surface area contributed by atoms with Crippen LogP contribution in [0.5, 0.6) is 0 Å². The van der Waals surface area contributed by atoms with Gasteiger partial charge in [0.05, 0.1) is 6.42 Å². The molecule has 0 aliphatic rings. The average molecular weight is 215 g/mol. The van der Waals surface area contributed by atoms with Crippen molar-refractivity contribution in [2.75, 3.05) is 0 Å². The molecule has 1 atom stereocenters. The Bertz CT molecular complexity index is 368. The molecule has 3 N–H and O–H groups in total. The summed E-state index contributed by atoms with van der Waals surface area (Å²) in [6.45, 7) is 0. The Hall–Kier alpha value is -1.49. The van der Waals surface area contributed by atoms with Crippen LogP contribution in [0.15, 0.2) is 18.2 Å². The Morgan fingerprint density at radius 2 is 2.13 bits per heavy atom. The van der Waals surface area contributed by atoms with E-state index in [1.807, 2.05) is 0 Å². The van der Waals surface area contributed by atoms with Gasteiger partial charge in [0, 0.05) is 12.1 Å². The highest BCUT2D eigenvalue weighted by molar-refractivity contribution is 5.67. The van der Waals surface area contributed by atoms with Crippen molar-refractivity contribution in [2.24, 2.45) is 5.73 Å². The second-order valence-electron chi connectivity index (χ2n) is 3.30. The first-order valence-corrected chi connectivity index (χ1v) is 4.40. The van der Waals surface area contributed by atoms with Gasteiger partial charge < -0.3 is 10.8 Å². The molecular formula is C10H11F2NO2. The first-order valence-electron chi connectivity index (χ1n) is 4.40. The molecule has 0 saturated heterocycles. The summed E-state index contributed by atoms with van der Waals surface area (Å²) in [4.78, 5) is 10.3. The Balaban J connectivity index is 2.68. The molecule has 1 aromatic rings. The maximum atomic E-state index is 13.1. The van der Waals surface area contributed by atoms with E-state index in [9.17, 15) is 13.6 Å². The smallest absolute Gasteiger partial charge is 0.304 e. The SMILES string of the molecule is N[C@H](CC(=O)O)Cc1ccc(F)cc1F. The van der Waals surface area contributed by atoms with Gasteiger partial charge in [0.15, 0.2) is 0 Å². The van der Waals surface area contributed by atoms with Crippen LogP contribution in [0.4, 0.5) is 8.78 Å². The normalized spacial score (nSPS) is 12.5. The van der Waals surface area contributed by atoms with Crippen LogP contribution in [-0.2, 0) is 11.2 Å². The van der Waals surface area contributed by atoms with Gasteiger partial charge in [-0.25, -0.2) is 8.78 Å². The quantitative estimate of drug-likeness (QED) is 0.795. The summed E-state index contributed by atoms with van der Waals surface area (Å²) in [5.74, 6) is -2.40. The monoisotopic (exact) mass is 215 g/mol. The van der Waals surface area contributed by atoms with Gasteiger partial charge in [-0.1, -0.05) is 6.07 Å². The predicted octanol–water partition coefficient (Wildman–Crippen LogP) is 1.31. The second-order valence-corrected chi connectivity index (χ2v) is 3.30. The summed E-state index contributed by atoms with van der Waals surface area (Å²) >= 11 is 0. The van der Waals surface area contributed by atoms with Crippen LogP contribution in [0.1, 0.15) is 12.0 Å². The summed E-state index contributed by atoms with van der Waals surface area (Å²) in [7, 11) is 0. The van der Waals surface area contributed by atoms with E-state index < -0.39 is 23.6 Å². The molecule has 0 heterocycles. The number of aliphatic carboxylic acids is 1. The first kappa shape index (κ1) is 11.6. The second kappa shape index (κ2) is 4.84. The van der Waals surface area contributed by atoms with Gasteiger partial charge in [-0.15, -0.1) is 0 Å². The molecule has 0 aliphatic carbocycles. The lowest BCUT2D eigenvalue weighted by atomic mass is 10.0. The number of hydrogen-bond acceptors (Lipinski definition) is 2. The lowest BCUT2D eigenvalue weighted by Gasteiger charge is -2.09. The van der Waals surface area contributed by atoms with Crippen LogP contribution in [0.2, 0.25) is 0 Å². The van der Waals surface area contributed by atoms with Crippen LogP contribution < -0.4 is 5.73 Å². The van der Waals surface area contributed by atoms with E-state index >= 15 is 0 Å². The minimum absolute atomic E-state index is 0.0818. The molecule has 82 valence electrons. The Morgan fingerprint density at radius 3 is 2.67 bits per heavy atom. The van der Waals surface area contributed by atoms with E-state index in [2.05, 4.69) is 0 Å². The zero-order valence-electron chi connectivity index (χ0n) is 7.91. The van der Waals surface area contributed by atoms with Gasteiger partial charge in [-0.3, -0.25) is 4.79 Å². The molecule has 0 saturated carbocycles. The number of hydrogen-bond donors (Lipinski definition) is 2.